The number of carbonyl (C=O) groups excluding carboxylic acids is 1. The first kappa shape index (κ1) is 20.7. The minimum absolute atomic E-state index is 0.0935. The lowest BCUT2D eigenvalue weighted by atomic mass is 9.90. The lowest BCUT2D eigenvalue weighted by Crippen LogP contribution is -2.35. The molecule has 1 aliphatic rings. The number of benzene rings is 2. The van der Waals surface area contributed by atoms with Crippen LogP contribution in [0.1, 0.15) is 31.2 Å². The van der Waals surface area contributed by atoms with E-state index < -0.39 is 0 Å². The quantitative estimate of drug-likeness (QED) is 0.628. The number of hydrogen-bond donors (Lipinski definition) is 2. The van der Waals surface area contributed by atoms with Gasteiger partial charge in [0.05, 0.1) is 5.69 Å². The summed E-state index contributed by atoms with van der Waals surface area (Å²) in [6, 6.07) is 15.5. The molecule has 1 amide bonds. The summed E-state index contributed by atoms with van der Waals surface area (Å²) >= 11 is 1.65. The summed E-state index contributed by atoms with van der Waals surface area (Å²) in [5, 5.41) is 12.4. The van der Waals surface area contributed by atoms with Crippen LogP contribution in [0.25, 0.3) is 0 Å². The zero-order valence-corrected chi connectivity index (χ0v) is 17.4. The highest BCUT2D eigenvalue weighted by molar-refractivity contribution is 7.98. The molecule has 0 aliphatic carbocycles. The Balaban J connectivity index is 1.35. The van der Waals surface area contributed by atoms with Gasteiger partial charge in [0, 0.05) is 17.9 Å². The number of para-hydroxylation sites is 1. The fraction of sp³-hybridized carbons (Fsp3) is 0.435. The van der Waals surface area contributed by atoms with Gasteiger partial charge in [0.1, 0.15) is 5.75 Å². The molecule has 0 radical (unpaired) electrons. The Labute approximate surface area is 172 Å². The summed E-state index contributed by atoms with van der Waals surface area (Å²) in [6.45, 7) is 2.99. The van der Waals surface area contributed by atoms with Crippen molar-refractivity contribution in [1.82, 2.24) is 4.90 Å². The number of anilines is 1. The number of amides is 1. The molecule has 2 aromatic carbocycles. The Kier molecular flexibility index (Phi) is 7.80. The number of likely N-dealkylation sites (tertiary alicyclic amines) is 1. The summed E-state index contributed by atoms with van der Waals surface area (Å²) in [5.74, 6) is 1.18. The lowest BCUT2D eigenvalue weighted by Gasteiger charge is -2.31. The second kappa shape index (κ2) is 10.5. The molecule has 1 heterocycles. The molecular formula is C23H30N2O2S. The molecular weight excluding hydrogens is 368 g/mol. The van der Waals surface area contributed by atoms with Gasteiger partial charge in [-0.05, 0) is 80.8 Å². The van der Waals surface area contributed by atoms with Gasteiger partial charge in [0.25, 0.3) is 0 Å². The van der Waals surface area contributed by atoms with E-state index in [0.29, 0.717) is 12.2 Å². The highest BCUT2D eigenvalue weighted by Crippen LogP contribution is 2.25. The maximum absolute atomic E-state index is 12.3. The Morgan fingerprint density at radius 1 is 1.14 bits per heavy atom. The third kappa shape index (κ3) is 6.28. The van der Waals surface area contributed by atoms with Crippen molar-refractivity contribution in [2.75, 3.05) is 31.2 Å². The van der Waals surface area contributed by atoms with Crippen LogP contribution >= 0.6 is 11.8 Å². The van der Waals surface area contributed by atoms with E-state index >= 15 is 0 Å². The largest absolute Gasteiger partial charge is 0.508 e. The molecule has 0 aromatic heterocycles. The van der Waals surface area contributed by atoms with Gasteiger partial charge in [-0.15, -0.1) is 11.8 Å². The standard InChI is InChI=1S/C23H30N2O2S/c1-28-22-5-3-2-4-21(22)24-23(27)14-17-25-15-12-19(13-16-25)7-6-18-8-10-20(26)11-9-18/h2-5,8-11,19,26H,6-7,12-17H2,1H3,(H,24,27). The van der Waals surface area contributed by atoms with Crippen molar-refractivity contribution in [3.8, 4) is 5.75 Å². The molecule has 0 atom stereocenters. The molecule has 5 heteroatoms. The van der Waals surface area contributed by atoms with E-state index in [1.54, 1.807) is 23.9 Å². The number of phenols is 1. The number of piperidine rings is 1. The van der Waals surface area contributed by atoms with Crippen LogP contribution in [0.2, 0.25) is 0 Å². The van der Waals surface area contributed by atoms with Crippen LogP contribution in [0.3, 0.4) is 0 Å². The molecule has 0 unspecified atom stereocenters. The van der Waals surface area contributed by atoms with Gasteiger partial charge in [-0.3, -0.25) is 4.79 Å². The van der Waals surface area contributed by atoms with Gasteiger partial charge in [0.15, 0.2) is 0 Å². The van der Waals surface area contributed by atoms with Crippen molar-refractivity contribution in [2.45, 2.75) is 37.0 Å². The molecule has 1 fully saturated rings. The number of hydrogen-bond acceptors (Lipinski definition) is 4. The van der Waals surface area contributed by atoms with Gasteiger partial charge in [-0.25, -0.2) is 0 Å². The topological polar surface area (TPSA) is 52.6 Å². The van der Waals surface area contributed by atoms with Crippen LogP contribution < -0.4 is 5.32 Å². The van der Waals surface area contributed by atoms with E-state index in [-0.39, 0.29) is 5.91 Å². The minimum Gasteiger partial charge on any atom is -0.508 e. The Morgan fingerprint density at radius 3 is 2.57 bits per heavy atom. The highest BCUT2D eigenvalue weighted by atomic mass is 32.2. The predicted molar refractivity (Wildman–Crippen MR) is 117 cm³/mol. The van der Waals surface area contributed by atoms with E-state index in [1.165, 1.54) is 24.8 Å². The van der Waals surface area contributed by atoms with Gasteiger partial charge in [-0.2, -0.15) is 0 Å². The molecule has 1 saturated heterocycles. The van der Waals surface area contributed by atoms with Gasteiger partial charge in [-0.1, -0.05) is 24.3 Å². The first-order valence-electron chi connectivity index (χ1n) is 10.1. The number of phenolic OH excluding ortho intramolecular Hbond substituents is 1. The number of rotatable bonds is 8. The normalized spacial score (nSPS) is 15.5. The summed E-state index contributed by atoms with van der Waals surface area (Å²) < 4.78 is 0. The van der Waals surface area contributed by atoms with Gasteiger partial charge < -0.3 is 15.3 Å². The fourth-order valence-corrected chi connectivity index (χ4v) is 4.31. The summed E-state index contributed by atoms with van der Waals surface area (Å²) in [4.78, 5) is 15.8. The predicted octanol–water partition coefficient (Wildman–Crippen LogP) is 4.79. The Bertz CT molecular complexity index is 755. The zero-order valence-electron chi connectivity index (χ0n) is 16.6. The average Bonchev–Trinajstić information content (AvgIpc) is 2.73. The van der Waals surface area contributed by atoms with Crippen LogP contribution in [0.15, 0.2) is 53.4 Å². The molecule has 0 bridgehead atoms. The van der Waals surface area contributed by atoms with Crippen molar-refractivity contribution in [3.05, 3.63) is 54.1 Å². The molecule has 4 nitrogen and oxygen atoms in total. The monoisotopic (exact) mass is 398 g/mol. The molecule has 3 rings (SSSR count). The second-order valence-corrected chi connectivity index (χ2v) is 8.34. The lowest BCUT2D eigenvalue weighted by molar-refractivity contribution is -0.116. The van der Waals surface area contributed by atoms with Crippen molar-refractivity contribution >= 4 is 23.4 Å². The molecule has 2 N–H and O–H groups in total. The number of carbonyl (C=O) groups is 1. The maximum atomic E-state index is 12.3. The van der Waals surface area contributed by atoms with Gasteiger partial charge >= 0.3 is 0 Å². The van der Waals surface area contributed by atoms with Crippen molar-refractivity contribution in [1.29, 1.82) is 0 Å². The van der Waals surface area contributed by atoms with Crippen LogP contribution in [0, 0.1) is 5.92 Å². The highest BCUT2D eigenvalue weighted by Gasteiger charge is 2.19. The van der Waals surface area contributed by atoms with E-state index in [2.05, 4.69) is 10.2 Å². The van der Waals surface area contributed by atoms with E-state index in [0.717, 1.165) is 42.6 Å². The van der Waals surface area contributed by atoms with E-state index in [9.17, 15) is 9.90 Å². The van der Waals surface area contributed by atoms with Crippen molar-refractivity contribution in [2.24, 2.45) is 5.92 Å². The summed E-state index contributed by atoms with van der Waals surface area (Å²) in [7, 11) is 0. The smallest absolute Gasteiger partial charge is 0.225 e. The maximum Gasteiger partial charge on any atom is 0.225 e. The van der Waals surface area contributed by atoms with E-state index in [4.69, 9.17) is 0 Å². The van der Waals surface area contributed by atoms with Crippen molar-refractivity contribution in [3.63, 3.8) is 0 Å². The first-order valence-corrected chi connectivity index (χ1v) is 11.3. The zero-order chi connectivity index (χ0) is 19.8. The van der Waals surface area contributed by atoms with Crippen LogP contribution in [-0.4, -0.2) is 41.8 Å². The Morgan fingerprint density at radius 2 is 1.86 bits per heavy atom. The molecule has 0 saturated carbocycles. The molecule has 28 heavy (non-hydrogen) atoms. The minimum atomic E-state index is 0.0935. The van der Waals surface area contributed by atoms with Crippen LogP contribution in [0.5, 0.6) is 5.75 Å². The van der Waals surface area contributed by atoms with Gasteiger partial charge in [0.2, 0.25) is 5.91 Å². The summed E-state index contributed by atoms with van der Waals surface area (Å²) in [6.07, 6.45) is 7.24. The Hall–Kier alpha value is -1.98. The molecule has 1 aliphatic heterocycles. The molecule has 150 valence electrons. The SMILES string of the molecule is CSc1ccccc1NC(=O)CCN1CCC(CCc2ccc(O)cc2)CC1. The summed E-state index contributed by atoms with van der Waals surface area (Å²) in [5.41, 5.74) is 2.20. The molecule has 2 aromatic rings. The van der Waals surface area contributed by atoms with Crippen LogP contribution in [-0.2, 0) is 11.2 Å². The van der Waals surface area contributed by atoms with E-state index in [1.807, 2.05) is 42.7 Å². The van der Waals surface area contributed by atoms with Crippen LogP contribution in [0.4, 0.5) is 5.69 Å². The first-order chi connectivity index (χ1) is 13.6. The number of thioether (sulfide) groups is 1. The third-order valence-electron chi connectivity index (χ3n) is 5.52. The fourth-order valence-electron chi connectivity index (χ4n) is 3.75. The second-order valence-electron chi connectivity index (χ2n) is 7.49. The van der Waals surface area contributed by atoms with Crippen molar-refractivity contribution < 1.29 is 9.90 Å². The number of aromatic hydroxyl groups is 1. The number of aryl methyl sites for hydroxylation is 1. The number of nitrogens with zero attached hydrogens (tertiary/aromatic N) is 1. The third-order valence-corrected chi connectivity index (χ3v) is 6.32. The number of nitrogens with one attached hydrogen (secondary N) is 1. The molecule has 0 spiro atoms. The average molecular weight is 399 g/mol.